The van der Waals surface area contributed by atoms with Crippen molar-refractivity contribution in [2.45, 2.75) is 26.2 Å². The van der Waals surface area contributed by atoms with Crippen LogP contribution in [0.15, 0.2) is 53.4 Å². The van der Waals surface area contributed by atoms with E-state index in [9.17, 15) is 14.4 Å². The fourth-order valence-electron chi connectivity index (χ4n) is 2.97. The molecule has 1 aliphatic heterocycles. The van der Waals surface area contributed by atoms with Gasteiger partial charge in [0.25, 0.3) is 11.1 Å². The zero-order valence-corrected chi connectivity index (χ0v) is 19.1. The van der Waals surface area contributed by atoms with E-state index in [1.807, 2.05) is 12.1 Å². The summed E-state index contributed by atoms with van der Waals surface area (Å²) >= 11 is 0.783. The van der Waals surface area contributed by atoms with Crippen LogP contribution in [0, 0.1) is 0 Å². The Hall–Kier alpha value is -3.26. The Morgan fingerprint density at radius 2 is 1.50 bits per heavy atom. The molecule has 1 aliphatic rings. The molecule has 0 bridgehead atoms. The van der Waals surface area contributed by atoms with Crippen molar-refractivity contribution in [1.29, 1.82) is 0 Å². The minimum atomic E-state index is -0.735. The second-order valence-electron chi connectivity index (χ2n) is 8.27. The normalized spacial score (nSPS) is 15.3. The molecule has 8 heteroatoms. The summed E-state index contributed by atoms with van der Waals surface area (Å²) in [4.78, 5) is 36.2. The molecule has 3 rings (SSSR count). The molecule has 2 aromatic carbocycles. The Balaban J connectivity index is 1.49. The number of rotatable bonds is 8. The maximum atomic E-state index is 12.3. The maximum Gasteiger partial charge on any atom is 0.294 e. The number of ether oxygens (including phenoxy) is 2. The molecule has 2 aromatic rings. The lowest BCUT2D eigenvalue weighted by molar-refractivity contribution is -0.127. The number of primary amides is 1. The van der Waals surface area contributed by atoms with E-state index in [1.54, 1.807) is 30.3 Å². The Morgan fingerprint density at radius 3 is 2.00 bits per heavy atom. The molecule has 1 heterocycles. The molecule has 0 aromatic heterocycles. The Bertz CT molecular complexity index is 1020. The second-order valence-corrected chi connectivity index (χ2v) is 9.27. The van der Waals surface area contributed by atoms with Crippen molar-refractivity contribution in [3.8, 4) is 11.5 Å². The first-order valence-electron chi connectivity index (χ1n) is 10.1. The molecule has 0 spiro atoms. The van der Waals surface area contributed by atoms with E-state index in [2.05, 4.69) is 32.9 Å². The number of benzene rings is 2. The molecule has 32 heavy (non-hydrogen) atoms. The van der Waals surface area contributed by atoms with Crippen molar-refractivity contribution < 1.29 is 23.9 Å². The van der Waals surface area contributed by atoms with Gasteiger partial charge < -0.3 is 15.2 Å². The van der Waals surface area contributed by atoms with E-state index in [-0.39, 0.29) is 10.3 Å². The number of thioether (sulfide) groups is 1. The van der Waals surface area contributed by atoms with Gasteiger partial charge in [0.1, 0.15) is 31.3 Å². The summed E-state index contributed by atoms with van der Waals surface area (Å²) in [5, 5.41) is -0.506. The van der Waals surface area contributed by atoms with Crippen LogP contribution in [0.25, 0.3) is 6.08 Å². The molecule has 0 atom stereocenters. The highest BCUT2D eigenvalue weighted by Crippen LogP contribution is 2.32. The van der Waals surface area contributed by atoms with Gasteiger partial charge in [-0.1, -0.05) is 45.0 Å². The van der Waals surface area contributed by atoms with Crippen molar-refractivity contribution in [3.05, 3.63) is 64.6 Å². The zero-order valence-electron chi connectivity index (χ0n) is 18.3. The van der Waals surface area contributed by atoms with Gasteiger partial charge in [0, 0.05) is 0 Å². The van der Waals surface area contributed by atoms with Crippen molar-refractivity contribution in [2.24, 2.45) is 5.73 Å². The van der Waals surface area contributed by atoms with Crippen LogP contribution in [0.5, 0.6) is 11.5 Å². The summed E-state index contributed by atoms with van der Waals surface area (Å²) in [7, 11) is 0. The summed E-state index contributed by atoms with van der Waals surface area (Å²) in [6, 6.07) is 15.2. The predicted molar refractivity (Wildman–Crippen MR) is 124 cm³/mol. The minimum Gasteiger partial charge on any atom is -0.490 e. The van der Waals surface area contributed by atoms with Crippen LogP contribution >= 0.6 is 11.8 Å². The van der Waals surface area contributed by atoms with Gasteiger partial charge in [0.05, 0.1) is 4.91 Å². The molecule has 3 amide bonds. The van der Waals surface area contributed by atoms with E-state index in [4.69, 9.17) is 15.2 Å². The lowest BCUT2D eigenvalue weighted by atomic mass is 9.87. The average molecular weight is 455 g/mol. The molecule has 7 nitrogen and oxygen atoms in total. The molecule has 0 aliphatic carbocycles. The van der Waals surface area contributed by atoms with Gasteiger partial charge in [-0.25, -0.2) is 0 Å². The molecule has 1 fully saturated rings. The number of carbonyl (C=O) groups excluding carboxylic acids is 3. The Labute approximate surface area is 191 Å². The smallest absolute Gasteiger partial charge is 0.294 e. The molecule has 0 unspecified atom stereocenters. The molecule has 0 saturated carbocycles. The second kappa shape index (κ2) is 9.91. The van der Waals surface area contributed by atoms with Gasteiger partial charge in [-0.05, 0) is 58.6 Å². The number of carbonyl (C=O) groups is 3. The number of nitrogens with zero attached hydrogens (tertiary/aromatic N) is 1. The highest BCUT2D eigenvalue weighted by Gasteiger charge is 2.35. The van der Waals surface area contributed by atoms with E-state index in [1.165, 1.54) is 5.56 Å². The monoisotopic (exact) mass is 454 g/mol. The third-order valence-corrected chi connectivity index (χ3v) is 5.61. The summed E-state index contributed by atoms with van der Waals surface area (Å²) in [5.74, 6) is 0.200. The van der Waals surface area contributed by atoms with Crippen molar-refractivity contribution in [2.75, 3.05) is 19.8 Å². The van der Waals surface area contributed by atoms with Crippen molar-refractivity contribution in [3.63, 3.8) is 0 Å². The fourth-order valence-corrected chi connectivity index (χ4v) is 3.81. The van der Waals surface area contributed by atoms with E-state index >= 15 is 0 Å². The highest BCUT2D eigenvalue weighted by molar-refractivity contribution is 8.18. The lowest BCUT2D eigenvalue weighted by Gasteiger charge is -2.19. The van der Waals surface area contributed by atoms with Gasteiger partial charge in [0.2, 0.25) is 5.91 Å². The summed E-state index contributed by atoms with van der Waals surface area (Å²) in [5.41, 5.74) is 7.16. The number of hydrogen-bond donors (Lipinski definition) is 1. The van der Waals surface area contributed by atoms with Crippen molar-refractivity contribution in [1.82, 2.24) is 4.90 Å². The third-order valence-electron chi connectivity index (χ3n) is 4.71. The van der Waals surface area contributed by atoms with Gasteiger partial charge >= 0.3 is 0 Å². The lowest BCUT2D eigenvalue weighted by Crippen LogP contribution is -2.36. The number of nitrogens with two attached hydrogens (primary N) is 1. The Morgan fingerprint density at radius 1 is 0.969 bits per heavy atom. The topological polar surface area (TPSA) is 98.9 Å². The molecular weight excluding hydrogens is 428 g/mol. The zero-order chi connectivity index (χ0) is 23.3. The standard InChI is InChI=1S/C24H26N2O5S/c1-24(2,3)17-6-10-19(11-7-17)31-13-12-30-18-8-4-16(5-9-18)14-20-22(28)26(15-21(25)27)23(29)32-20/h4-11,14H,12-13,15H2,1-3H3,(H2,25,27)/b20-14-. The van der Waals surface area contributed by atoms with Gasteiger partial charge in [-0.15, -0.1) is 0 Å². The maximum absolute atomic E-state index is 12.3. The van der Waals surface area contributed by atoms with Crippen LogP contribution in [-0.2, 0) is 15.0 Å². The molecule has 1 saturated heterocycles. The van der Waals surface area contributed by atoms with Gasteiger partial charge in [0.15, 0.2) is 0 Å². The summed E-state index contributed by atoms with van der Waals surface area (Å²) < 4.78 is 11.4. The van der Waals surface area contributed by atoms with E-state index < -0.39 is 23.6 Å². The van der Waals surface area contributed by atoms with Crippen LogP contribution in [0.3, 0.4) is 0 Å². The molecule has 168 valence electrons. The van der Waals surface area contributed by atoms with E-state index in [0.717, 1.165) is 28.0 Å². The van der Waals surface area contributed by atoms with Crippen LogP contribution in [0.4, 0.5) is 4.79 Å². The average Bonchev–Trinajstić information content (AvgIpc) is 2.99. The Kier molecular flexibility index (Phi) is 7.25. The van der Waals surface area contributed by atoms with Crippen LogP contribution in [-0.4, -0.2) is 41.7 Å². The van der Waals surface area contributed by atoms with Crippen LogP contribution in [0.2, 0.25) is 0 Å². The summed E-state index contributed by atoms with van der Waals surface area (Å²) in [6.45, 7) is 6.87. The predicted octanol–water partition coefficient (Wildman–Crippen LogP) is 3.96. The molecule has 0 radical (unpaired) electrons. The third kappa shape index (κ3) is 6.13. The summed E-state index contributed by atoms with van der Waals surface area (Å²) in [6.07, 6.45) is 1.60. The number of imide groups is 1. The van der Waals surface area contributed by atoms with E-state index in [0.29, 0.717) is 19.0 Å². The molecule has 2 N–H and O–H groups in total. The molecular formula is C24H26N2O5S. The largest absolute Gasteiger partial charge is 0.490 e. The first kappa shape index (κ1) is 23.4. The van der Waals surface area contributed by atoms with Gasteiger partial charge in [-0.3, -0.25) is 19.3 Å². The highest BCUT2D eigenvalue weighted by atomic mass is 32.2. The number of hydrogen-bond acceptors (Lipinski definition) is 6. The minimum absolute atomic E-state index is 0.103. The quantitative estimate of drug-likeness (QED) is 0.479. The van der Waals surface area contributed by atoms with Gasteiger partial charge in [-0.2, -0.15) is 0 Å². The van der Waals surface area contributed by atoms with Crippen LogP contribution in [0.1, 0.15) is 31.9 Å². The SMILES string of the molecule is CC(C)(C)c1ccc(OCCOc2ccc(/C=C3\SC(=O)N(CC(N)=O)C3=O)cc2)cc1. The first-order valence-corrected chi connectivity index (χ1v) is 10.9. The number of amides is 3. The fraction of sp³-hybridized carbons (Fsp3) is 0.292. The van der Waals surface area contributed by atoms with Crippen LogP contribution < -0.4 is 15.2 Å². The van der Waals surface area contributed by atoms with Crippen molar-refractivity contribution >= 4 is 34.9 Å². The first-order chi connectivity index (χ1) is 15.1.